The minimum Gasteiger partial charge on any atom is -0.355 e. The van der Waals surface area contributed by atoms with E-state index in [0.717, 1.165) is 72.7 Å². The Kier molecular flexibility index (Phi) is 4.76. The van der Waals surface area contributed by atoms with E-state index in [-0.39, 0.29) is 0 Å². The second-order valence-electron chi connectivity index (χ2n) is 8.48. The van der Waals surface area contributed by atoms with Crippen molar-refractivity contribution in [2.24, 2.45) is 0 Å². The molecule has 0 aromatic carbocycles. The third-order valence-electron chi connectivity index (χ3n) is 6.11. The predicted molar refractivity (Wildman–Crippen MR) is 132 cm³/mol. The zero-order valence-electron chi connectivity index (χ0n) is 18.6. The second-order valence-corrected chi connectivity index (χ2v) is 8.48. The van der Waals surface area contributed by atoms with E-state index in [1.165, 1.54) is 6.08 Å². The van der Waals surface area contributed by atoms with Crippen LogP contribution in [0.3, 0.4) is 0 Å². The molecule has 5 heteroatoms. The molecular formula is C27H24N4O. The number of hydrogen-bond acceptors (Lipinski definition) is 3. The van der Waals surface area contributed by atoms with Crippen LogP contribution in [-0.2, 0) is 11.2 Å². The molecule has 2 N–H and O–H groups in total. The zero-order valence-corrected chi connectivity index (χ0v) is 18.6. The fraction of sp³-hybridized carbons (Fsp3) is 0.185. The monoisotopic (exact) mass is 420 g/mol. The molecule has 2 aliphatic rings. The van der Waals surface area contributed by atoms with Crippen molar-refractivity contribution < 1.29 is 4.79 Å². The summed E-state index contributed by atoms with van der Waals surface area (Å²) in [5, 5.41) is 0. The number of aromatic nitrogens is 4. The number of fused-ring (bicyclic) bond motifs is 8. The summed E-state index contributed by atoms with van der Waals surface area (Å²) < 4.78 is 0. The van der Waals surface area contributed by atoms with Gasteiger partial charge in [-0.15, -0.1) is 0 Å². The molecule has 0 aliphatic carbocycles. The Bertz CT molecular complexity index is 1540. The lowest BCUT2D eigenvalue weighted by Gasteiger charge is -1.94. The smallest absolute Gasteiger partial charge is 0.120 e. The van der Waals surface area contributed by atoms with Gasteiger partial charge in [0.15, 0.2) is 0 Å². The highest BCUT2D eigenvalue weighted by Crippen LogP contribution is 2.27. The highest BCUT2D eigenvalue weighted by molar-refractivity contribution is 5.87. The van der Waals surface area contributed by atoms with Crippen molar-refractivity contribution >= 4 is 51.3 Å². The van der Waals surface area contributed by atoms with E-state index < -0.39 is 0 Å². The van der Waals surface area contributed by atoms with Gasteiger partial charge in [-0.2, -0.15) is 0 Å². The van der Waals surface area contributed by atoms with E-state index in [1.54, 1.807) is 0 Å². The molecule has 2 aliphatic heterocycles. The fourth-order valence-electron chi connectivity index (χ4n) is 4.31. The first-order chi connectivity index (χ1) is 15.4. The summed E-state index contributed by atoms with van der Waals surface area (Å²) in [6.07, 6.45) is 6.21. The lowest BCUT2D eigenvalue weighted by Crippen LogP contribution is -1.83. The molecule has 0 fully saturated rings. The molecule has 5 nitrogen and oxygen atoms in total. The minimum absolute atomic E-state index is 0.520. The molecule has 158 valence electrons. The van der Waals surface area contributed by atoms with Crippen LogP contribution >= 0.6 is 0 Å². The molecule has 0 saturated carbocycles. The number of nitrogens with zero attached hydrogens (tertiary/aromatic N) is 2. The van der Waals surface area contributed by atoms with E-state index in [4.69, 9.17) is 9.97 Å². The van der Waals surface area contributed by atoms with Gasteiger partial charge in [0.2, 0.25) is 0 Å². The molecule has 0 unspecified atom stereocenters. The van der Waals surface area contributed by atoms with Crippen molar-refractivity contribution in [3.63, 3.8) is 0 Å². The van der Waals surface area contributed by atoms with Crippen LogP contribution < -0.4 is 0 Å². The lowest BCUT2D eigenvalue weighted by atomic mass is 10.1. The molecular weight excluding hydrogens is 396 g/mol. The van der Waals surface area contributed by atoms with Crippen LogP contribution in [0.15, 0.2) is 36.4 Å². The molecule has 3 aromatic heterocycles. The highest BCUT2D eigenvalue weighted by atomic mass is 16.1. The molecule has 32 heavy (non-hydrogen) atoms. The third-order valence-corrected chi connectivity index (χ3v) is 6.11. The number of hydrogen-bond donors (Lipinski definition) is 2. The van der Waals surface area contributed by atoms with E-state index in [9.17, 15) is 4.79 Å². The van der Waals surface area contributed by atoms with Gasteiger partial charge < -0.3 is 9.97 Å². The molecule has 0 amide bonds. The van der Waals surface area contributed by atoms with Crippen LogP contribution in [0.25, 0.3) is 45.4 Å². The van der Waals surface area contributed by atoms with Gasteiger partial charge in [0, 0.05) is 34.6 Å². The van der Waals surface area contributed by atoms with Gasteiger partial charge in [0.05, 0.1) is 22.8 Å². The van der Waals surface area contributed by atoms with Crippen LogP contribution in [0.2, 0.25) is 0 Å². The summed E-state index contributed by atoms with van der Waals surface area (Å²) in [6.45, 7) is 8.31. The maximum atomic E-state index is 10.9. The Balaban J connectivity index is 1.91. The standard InChI is InChI=1S/C27H24N4O/c1-15-8-19-11-24-16(2)9-21(29-24)13-27-22(6-5-7-32)18(4)26(31-27)14-25-17(3)10-20(30-25)12-23(15)28-19/h5,8-14,30-31H,6H2,1-4H3. The van der Waals surface area contributed by atoms with Crippen LogP contribution in [-0.4, -0.2) is 25.9 Å². The van der Waals surface area contributed by atoms with Gasteiger partial charge in [0.1, 0.15) is 5.94 Å². The SMILES string of the molecule is CC1=Cc2cc3[nH]c(cc4[nH]c(cc5nc(cc1n2)C=C5C)cc4C)c(C)c3CC=C=O. The van der Waals surface area contributed by atoms with Crippen molar-refractivity contribution in [1.82, 2.24) is 19.9 Å². The average Bonchev–Trinajstić information content (AvgIpc) is 3.44. The van der Waals surface area contributed by atoms with Gasteiger partial charge in [0.25, 0.3) is 0 Å². The number of H-pyrrole nitrogens is 2. The highest BCUT2D eigenvalue weighted by Gasteiger charge is 2.12. The average molecular weight is 421 g/mol. The largest absolute Gasteiger partial charge is 0.355 e. The number of nitrogens with one attached hydrogen (secondary N) is 2. The third kappa shape index (κ3) is 3.53. The normalized spacial score (nSPS) is 12.9. The number of aryl methyl sites for hydroxylation is 2. The Morgan fingerprint density at radius 1 is 0.812 bits per heavy atom. The number of rotatable bonds is 2. The van der Waals surface area contributed by atoms with Crippen molar-refractivity contribution in [3.05, 3.63) is 75.9 Å². The molecule has 3 aromatic rings. The van der Waals surface area contributed by atoms with Crippen LogP contribution in [0.1, 0.15) is 53.3 Å². The quantitative estimate of drug-likeness (QED) is 0.501. The van der Waals surface area contributed by atoms with Gasteiger partial charge in [-0.25, -0.2) is 14.8 Å². The Morgan fingerprint density at radius 3 is 2.22 bits per heavy atom. The maximum absolute atomic E-state index is 10.9. The van der Waals surface area contributed by atoms with Gasteiger partial charge in [-0.3, -0.25) is 0 Å². The molecule has 0 radical (unpaired) electrons. The zero-order chi connectivity index (χ0) is 22.4. The summed E-state index contributed by atoms with van der Waals surface area (Å²) in [7, 11) is 0. The van der Waals surface area contributed by atoms with Crippen molar-refractivity contribution in [2.75, 3.05) is 0 Å². The van der Waals surface area contributed by atoms with Crippen LogP contribution in [0, 0.1) is 13.8 Å². The van der Waals surface area contributed by atoms with E-state index in [1.807, 2.05) is 18.1 Å². The summed E-state index contributed by atoms with van der Waals surface area (Å²) in [5.41, 5.74) is 13.2. The predicted octanol–water partition coefficient (Wildman–Crippen LogP) is 5.98. The van der Waals surface area contributed by atoms with Crippen molar-refractivity contribution in [1.29, 1.82) is 0 Å². The Labute approximate surface area is 186 Å². The first-order valence-electron chi connectivity index (χ1n) is 10.7. The van der Waals surface area contributed by atoms with Crippen LogP contribution in [0.4, 0.5) is 0 Å². The summed E-state index contributed by atoms with van der Waals surface area (Å²) in [5.74, 6) is 1.90. The molecule has 0 spiro atoms. The summed E-state index contributed by atoms with van der Waals surface area (Å²) in [6, 6.07) is 10.4. The minimum atomic E-state index is 0.520. The number of carbonyl (C=O) groups excluding carboxylic acids is 1. The van der Waals surface area contributed by atoms with E-state index >= 15 is 0 Å². The van der Waals surface area contributed by atoms with Crippen molar-refractivity contribution in [3.8, 4) is 0 Å². The van der Waals surface area contributed by atoms with E-state index in [2.05, 4.69) is 68.0 Å². The molecule has 8 bridgehead atoms. The number of aromatic amines is 2. The Hall–Kier alpha value is -3.95. The molecule has 0 saturated heterocycles. The second kappa shape index (κ2) is 7.63. The summed E-state index contributed by atoms with van der Waals surface area (Å²) >= 11 is 0. The van der Waals surface area contributed by atoms with E-state index in [0.29, 0.717) is 6.42 Å². The van der Waals surface area contributed by atoms with Crippen LogP contribution in [0.5, 0.6) is 0 Å². The van der Waals surface area contributed by atoms with Gasteiger partial charge in [-0.1, -0.05) is 0 Å². The summed E-state index contributed by atoms with van der Waals surface area (Å²) in [4.78, 5) is 27.6. The van der Waals surface area contributed by atoms with Crippen molar-refractivity contribution in [2.45, 2.75) is 34.1 Å². The number of allylic oxidation sites excluding steroid dienone is 3. The molecule has 0 atom stereocenters. The molecule has 5 heterocycles. The first kappa shape index (κ1) is 20.0. The first-order valence-corrected chi connectivity index (χ1v) is 10.7. The maximum Gasteiger partial charge on any atom is 0.120 e. The lowest BCUT2D eigenvalue weighted by molar-refractivity contribution is 0.568. The Morgan fingerprint density at radius 2 is 1.50 bits per heavy atom. The van der Waals surface area contributed by atoms with Gasteiger partial charge >= 0.3 is 0 Å². The van der Waals surface area contributed by atoms with Gasteiger partial charge in [-0.05, 0) is 98.0 Å². The topological polar surface area (TPSA) is 74.4 Å². The fourth-order valence-corrected chi connectivity index (χ4v) is 4.31. The molecule has 5 rings (SSSR count).